The van der Waals surface area contributed by atoms with E-state index in [0.717, 1.165) is 55.5 Å². The number of thiazole rings is 1. The third kappa shape index (κ3) is 3.84. The van der Waals surface area contributed by atoms with Crippen molar-refractivity contribution in [1.82, 2.24) is 10.3 Å². The van der Waals surface area contributed by atoms with Crippen LogP contribution in [0.25, 0.3) is 0 Å². The molecule has 3 N–H and O–H groups in total. The van der Waals surface area contributed by atoms with Crippen LogP contribution in [0.4, 0.5) is 5.13 Å². The van der Waals surface area contributed by atoms with Gasteiger partial charge in [-0.25, -0.2) is 4.98 Å². The van der Waals surface area contributed by atoms with Crippen LogP contribution in [0.1, 0.15) is 23.3 Å². The minimum absolute atomic E-state index is 0. The summed E-state index contributed by atoms with van der Waals surface area (Å²) in [4.78, 5) is 5.26. The van der Waals surface area contributed by atoms with Crippen LogP contribution < -0.4 is 20.5 Å². The van der Waals surface area contributed by atoms with Crippen LogP contribution in [-0.2, 0) is 16.7 Å². The summed E-state index contributed by atoms with van der Waals surface area (Å²) >= 11 is 1.53. The van der Waals surface area contributed by atoms with Crippen LogP contribution in [0.2, 0.25) is 0 Å². The number of nitrogen functional groups attached to an aromatic ring is 1. The molecule has 0 unspecified atom stereocenters. The number of ether oxygens (including phenoxy) is 3. The predicted octanol–water partition coefficient (Wildman–Crippen LogP) is 2.71. The zero-order valence-corrected chi connectivity index (χ0v) is 15.5. The number of halogens is 1. The van der Waals surface area contributed by atoms with Gasteiger partial charge < -0.3 is 25.3 Å². The van der Waals surface area contributed by atoms with Gasteiger partial charge in [0.05, 0.1) is 0 Å². The Kier molecular flexibility index (Phi) is 5.68. The predicted molar refractivity (Wildman–Crippen MR) is 99.8 cm³/mol. The Morgan fingerprint density at radius 3 is 2.76 bits per heavy atom. The lowest BCUT2D eigenvalue weighted by Crippen LogP contribution is -2.42. The van der Waals surface area contributed by atoms with Gasteiger partial charge in [0.25, 0.3) is 0 Å². The molecule has 0 bridgehead atoms. The molecule has 0 atom stereocenters. The van der Waals surface area contributed by atoms with Gasteiger partial charge in [-0.3, -0.25) is 0 Å². The lowest BCUT2D eigenvalue weighted by Gasteiger charge is -2.38. The van der Waals surface area contributed by atoms with Gasteiger partial charge in [-0.15, -0.1) is 23.7 Å². The molecule has 0 amide bonds. The molecule has 2 aliphatic rings. The van der Waals surface area contributed by atoms with Gasteiger partial charge in [0.2, 0.25) is 6.79 Å². The fourth-order valence-corrected chi connectivity index (χ4v) is 4.04. The van der Waals surface area contributed by atoms with Crippen LogP contribution in [0.3, 0.4) is 0 Å². The first-order chi connectivity index (χ1) is 11.8. The number of anilines is 1. The molecule has 3 heterocycles. The van der Waals surface area contributed by atoms with Crippen molar-refractivity contribution < 1.29 is 14.2 Å². The average molecular weight is 384 g/mol. The summed E-state index contributed by atoms with van der Waals surface area (Å²) in [6, 6.07) is 6.30. The number of hydrogen-bond donors (Lipinski definition) is 2. The highest BCUT2D eigenvalue weighted by molar-refractivity contribution is 7.15. The summed E-state index contributed by atoms with van der Waals surface area (Å²) in [6.07, 6.45) is 3.82. The molecule has 1 fully saturated rings. The van der Waals surface area contributed by atoms with E-state index in [9.17, 15) is 0 Å². The number of rotatable bonds is 5. The molecule has 0 aliphatic carbocycles. The first kappa shape index (κ1) is 18.3. The Morgan fingerprint density at radius 2 is 2.00 bits per heavy atom. The van der Waals surface area contributed by atoms with Crippen molar-refractivity contribution in [3.8, 4) is 11.5 Å². The number of nitrogens with zero attached hydrogens (tertiary/aromatic N) is 1. The molecule has 1 saturated heterocycles. The van der Waals surface area contributed by atoms with Crippen LogP contribution in [-0.4, -0.2) is 31.5 Å². The monoisotopic (exact) mass is 383 g/mol. The van der Waals surface area contributed by atoms with Crippen LogP contribution in [0, 0.1) is 0 Å². The van der Waals surface area contributed by atoms with E-state index in [4.69, 9.17) is 19.9 Å². The van der Waals surface area contributed by atoms with Gasteiger partial charge in [0.1, 0.15) is 0 Å². The second kappa shape index (κ2) is 7.78. The average Bonchev–Trinajstić information content (AvgIpc) is 3.24. The maximum absolute atomic E-state index is 5.70. The van der Waals surface area contributed by atoms with E-state index in [-0.39, 0.29) is 17.8 Å². The molecule has 1 aromatic carbocycles. The Balaban J connectivity index is 0.00000182. The maximum Gasteiger partial charge on any atom is 0.231 e. The molecule has 2 aliphatic heterocycles. The minimum atomic E-state index is 0. The second-order valence-electron chi connectivity index (χ2n) is 6.23. The minimum Gasteiger partial charge on any atom is -0.454 e. The summed E-state index contributed by atoms with van der Waals surface area (Å²) in [7, 11) is 0. The molecule has 0 saturated carbocycles. The van der Waals surface area contributed by atoms with Crippen molar-refractivity contribution in [2.45, 2.75) is 24.8 Å². The number of nitrogens with one attached hydrogen (secondary N) is 1. The van der Waals surface area contributed by atoms with Crippen molar-refractivity contribution >= 4 is 28.9 Å². The molecular weight excluding hydrogens is 362 g/mol. The van der Waals surface area contributed by atoms with Crippen molar-refractivity contribution in [2.75, 3.05) is 32.3 Å². The van der Waals surface area contributed by atoms with Gasteiger partial charge in [0.15, 0.2) is 16.6 Å². The Morgan fingerprint density at radius 1 is 1.20 bits per heavy atom. The summed E-state index contributed by atoms with van der Waals surface area (Å²) in [5, 5.41) is 4.19. The van der Waals surface area contributed by atoms with Gasteiger partial charge in [-0.05, 0) is 30.5 Å². The molecule has 6 nitrogen and oxygen atoms in total. The normalized spacial score (nSPS) is 17.9. The molecule has 136 valence electrons. The molecule has 8 heteroatoms. The molecule has 4 rings (SSSR count). The molecule has 0 spiro atoms. The summed E-state index contributed by atoms with van der Waals surface area (Å²) in [5.41, 5.74) is 7.03. The van der Waals surface area contributed by atoms with Crippen molar-refractivity contribution in [3.05, 3.63) is 34.8 Å². The van der Waals surface area contributed by atoms with Crippen LogP contribution >= 0.6 is 23.7 Å². The standard InChI is InChI=1S/C17H21N3O3S.ClH/c18-16-20-9-13(24-16)8-19-10-17(3-5-21-6-4-17)12-1-2-14-15(7-12)23-11-22-14;/h1-2,7,9,19H,3-6,8,10-11H2,(H2,18,20);1H. The van der Waals surface area contributed by atoms with E-state index in [1.54, 1.807) is 0 Å². The molecule has 25 heavy (non-hydrogen) atoms. The number of fused-ring (bicyclic) bond motifs is 1. The third-order valence-electron chi connectivity index (χ3n) is 4.77. The maximum atomic E-state index is 5.70. The number of hydrogen-bond acceptors (Lipinski definition) is 7. The molecule has 0 radical (unpaired) electrons. The molecular formula is C17H22ClN3O3S. The smallest absolute Gasteiger partial charge is 0.231 e. The first-order valence-electron chi connectivity index (χ1n) is 8.14. The van der Waals surface area contributed by atoms with E-state index in [2.05, 4.69) is 22.4 Å². The topological polar surface area (TPSA) is 78.6 Å². The second-order valence-corrected chi connectivity index (χ2v) is 7.38. The Hall–Kier alpha value is -1.54. The Labute approximate surface area is 157 Å². The Bertz CT molecular complexity index is 719. The molecule has 2 aromatic rings. The van der Waals surface area contributed by atoms with Crippen LogP contribution in [0.5, 0.6) is 11.5 Å². The zero-order chi connectivity index (χ0) is 16.4. The van der Waals surface area contributed by atoms with Gasteiger partial charge in [-0.2, -0.15) is 0 Å². The van der Waals surface area contributed by atoms with Crippen molar-refractivity contribution in [3.63, 3.8) is 0 Å². The van der Waals surface area contributed by atoms with E-state index in [1.165, 1.54) is 16.9 Å². The van der Waals surface area contributed by atoms with Gasteiger partial charge >= 0.3 is 0 Å². The fraction of sp³-hybridized carbons (Fsp3) is 0.471. The largest absolute Gasteiger partial charge is 0.454 e. The number of nitrogens with two attached hydrogens (primary N) is 1. The van der Waals surface area contributed by atoms with Crippen molar-refractivity contribution in [2.24, 2.45) is 0 Å². The van der Waals surface area contributed by atoms with Crippen molar-refractivity contribution in [1.29, 1.82) is 0 Å². The lowest BCUT2D eigenvalue weighted by atomic mass is 9.74. The zero-order valence-electron chi connectivity index (χ0n) is 13.8. The van der Waals surface area contributed by atoms with Crippen LogP contribution in [0.15, 0.2) is 24.4 Å². The summed E-state index contributed by atoms with van der Waals surface area (Å²) in [5.74, 6) is 1.67. The summed E-state index contributed by atoms with van der Waals surface area (Å²) < 4.78 is 16.6. The lowest BCUT2D eigenvalue weighted by molar-refractivity contribution is 0.0497. The SMILES string of the molecule is Cl.Nc1ncc(CNCC2(c3ccc4c(c3)OCO4)CCOCC2)s1. The highest BCUT2D eigenvalue weighted by Gasteiger charge is 2.35. The fourth-order valence-electron chi connectivity index (χ4n) is 3.39. The highest BCUT2D eigenvalue weighted by Crippen LogP contribution is 2.40. The summed E-state index contributed by atoms with van der Waals surface area (Å²) in [6.45, 7) is 3.53. The van der Waals surface area contributed by atoms with E-state index in [0.29, 0.717) is 11.9 Å². The van der Waals surface area contributed by atoms with Gasteiger partial charge in [-0.1, -0.05) is 6.07 Å². The third-order valence-corrected chi connectivity index (χ3v) is 5.60. The van der Waals surface area contributed by atoms with E-state index in [1.807, 2.05) is 12.3 Å². The molecule has 1 aromatic heterocycles. The quantitative estimate of drug-likeness (QED) is 0.826. The van der Waals surface area contributed by atoms with E-state index < -0.39 is 0 Å². The highest BCUT2D eigenvalue weighted by atomic mass is 35.5. The van der Waals surface area contributed by atoms with E-state index >= 15 is 0 Å². The number of aromatic nitrogens is 1. The number of benzene rings is 1. The first-order valence-corrected chi connectivity index (χ1v) is 8.96. The van der Waals surface area contributed by atoms with Gasteiger partial charge in [0, 0.05) is 42.8 Å².